The molecule has 1 aromatic carbocycles. The molecule has 0 atom stereocenters. The average Bonchev–Trinajstić information content (AvgIpc) is 3.07. The molecule has 29 heavy (non-hydrogen) atoms. The highest BCUT2D eigenvalue weighted by atomic mass is 35.5. The number of thiophene rings is 1. The van der Waals surface area contributed by atoms with E-state index in [1.807, 2.05) is 19.1 Å². The van der Waals surface area contributed by atoms with Gasteiger partial charge in [0.1, 0.15) is 10.7 Å². The maximum atomic E-state index is 12.6. The maximum absolute atomic E-state index is 12.6. The zero-order valence-electron chi connectivity index (χ0n) is 16.1. The molecule has 8 heteroatoms. The van der Waals surface area contributed by atoms with E-state index in [2.05, 4.69) is 15.3 Å². The minimum atomic E-state index is -0.0553. The molecule has 0 fully saturated rings. The summed E-state index contributed by atoms with van der Waals surface area (Å²) in [4.78, 5) is 34.5. The number of rotatable bonds is 6. The van der Waals surface area contributed by atoms with Gasteiger partial charge in [0.25, 0.3) is 5.56 Å². The van der Waals surface area contributed by atoms with E-state index in [0.717, 1.165) is 35.0 Å². The summed E-state index contributed by atoms with van der Waals surface area (Å²) in [6.45, 7) is 1.92. The summed E-state index contributed by atoms with van der Waals surface area (Å²) in [7, 11) is 0. The van der Waals surface area contributed by atoms with Gasteiger partial charge in [-0.15, -0.1) is 11.3 Å². The van der Waals surface area contributed by atoms with Crippen LogP contribution in [0, 0.1) is 6.92 Å². The smallest absolute Gasteiger partial charge is 0.259 e. The lowest BCUT2D eigenvalue weighted by Crippen LogP contribution is -2.13. The number of carbonyl (C=O) groups is 1. The van der Waals surface area contributed by atoms with Crippen LogP contribution in [-0.4, -0.2) is 21.6 Å². The molecule has 0 saturated heterocycles. The zero-order chi connectivity index (χ0) is 20.4. The van der Waals surface area contributed by atoms with Crippen LogP contribution in [0.5, 0.6) is 0 Å². The summed E-state index contributed by atoms with van der Waals surface area (Å²) < 4.78 is 0. The largest absolute Gasteiger partial charge is 0.326 e. The maximum Gasteiger partial charge on any atom is 0.259 e. The minimum Gasteiger partial charge on any atom is -0.326 e. The van der Waals surface area contributed by atoms with E-state index in [0.29, 0.717) is 34.5 Å². The monoisotopic (exact) mass is 447 g/mol. The van der Waals surface area contributed by atoms with Crippen molar-refractivity contribution in [3.8, 4) is 0 Å². The van der Waals surface area contributed by atoms with E-state index in [1.165, 1.54) is 16.9 Å². The van der Waals surface area contributed by atoms with Crippen molar-refractivity contribution in [2.45, 2.75) is 44.8 Å². The number of thioether (sulfide) groups is 1. The number of fused-ring (bicyclic) bond motifs is 3. The Hall–Kier alpha value is -1.83. The third-order valence-electron chi connectivity index (χ3n) is 5.04. The Morgan fingerprint density at radius 3 is 3.00 bits per heavy atom. The van der Waals surface area contributed by atoms with Gasteiger partial charge in [-0.3, -0.25) is 9.59 Å². The number of hydrogen-bond acceptors (Lipinski definition) is 5. The lowest BCUT2D eigenvalue weighted by atomic mass is 9.97. The molecule has 1 aliphatic rings. The van der Waals surface area contributed by atoms with Crippen LogP contribution < -0.4 is 10.9 Å². The van der Waals surface area contributed by atoms with Crippen LogP contribution in [-0.2, 0) is 23.4 Å². The fourth-order valence-corrected chi connectivity index (χ4v) is 5.77. The minimum absolute atomic E-state index is 0.0287. The van der Waals surface area contributed by atoms with Crippen molar-refractivity contribution in [2.75, 3.05) is 11.1 Å². The van der Waals surface area contributed by atoms with E-state index >= 15 is 0 Å². The molecule has 0 unspecified atom stereocenters. The molecule has 0 saturated carbocycles. The van der Waals surface area contributed by atoms with Crippen LogP contribution in [0.25, 0.3) is 10.2 Å². The molecule has 0 spiro atoms. The topological polar surface area (TPSA) is 74.8 Å². The van der Waals surface area contributed by atoms with E-state index in [4.69, 9.17) is 11.6 Å². The van der Waals surface area contributed by atoms with Gasteiger partial charge in [-0.1, -0.05) is 17.7 Å². The molecule has 2 aromatic heterocycles. The van der Waals surface area contributed by atoms with E-state index in [-0.39, 0.29) is 11.5 Å². The lowest BCUT2D eigenvalue weighted by Gasteiger charge is -2.09. The summed E-state index contributed by atoms with van der Waals surface area (Å²) in [5.41, 5.74) is 2.86. The number of aromatic nitrogens is 2. The number of benzene rings is 1. The Kier molecular flexibility index (Phi) is 6.27. The number of aromatic amines is 1. The zero-order valence-corrected chi connectivity index (χ0v) is 18.5. The Bertz CT molecular complexity index is 1120. The number of H-pyrrole nitrogens is 1. The first kappa shape index (κ1) is 20.4. The molecule has 3 aromatic rings. The van der Waals surface area contributed by atoms with Gasteiger partial charge < -0.3 is 10.3 Å². The fourth-order valence-electron chi connectivity index (χ4n) is 3.50. The Balaban J connectivity index is 1.32. The Labute approximate surface area is 182 Å². The van der Waals surface area contributed by atoms with E-state index < -0.39 is 0 Å². The molecule has 2 heterocycles. The quantitative estimate of drug-likeness (QED) is 0.516. The van der Waals surface area contributed by atoms with Crippen molar-refractivity contribution in [1.82, 2.24) is 9.97 Å². The highest BCUT2D eigenvalue weighted by molar-refractivity contribution is 7.98. The average molecular weight is 448 g/mol. The normalized spacial score (nSPS) is 13.4. The van der Waals surface area contributed by atoms with Crippen molar-refractivity contribution in [3.05, 3.63) is 55.4 Å². The van der Waals surface area contributed by atoms with Crippen molar-refractivity contribution in [1.29, 1.82) is 0 Å². The summed E-state index contributed by atoms with van der Waals surface area (Å²) >= 11 is 9.34. The summed E-state index contributed by atoms with van der Waals surface area (Å²) in [6, 6.07) is 5.48. The van der Waals surface area contributed by atoms with Gasteiger partial charge >= 0.3 is 0 Å². The molecule has 0 bridgehead atoms. The highest BCUT2D eigenvalue weighted by Crippen LogP contribution is 2.33. The van der Waals surface area contributed by atoms with Gasteiger partial charge in [-0.05, 0) is 55.9 Å². The van der Waals surface area contributed by atoms with E-state index in [1.54, 1.807) is 29.2 Å². The second-order valence-electron chi connectivity index (χ2n) is 7.22. The number of anilines is 1. The van der Waals surface area contributed by atoms with Gasteiger partial charge in [0.15, 0.2) is 0 Å². The van der Waals surface area contributed by atoms with Crippen molar-refractivity contribution < 1.29 is 4.79 Å². The molecule has 1 aliphatic carbocycles. The summed E-state index contributed by atoms with van der Waals surface area (Å²) in [5.74, 6) is 1.85. The molecule has 0 radical (unpaired) electrons. The third-order valence-corrected chi connectivity index (χ3v) is 7.61. The number of nitrogens with zero attached hydrogens (tertiary/aromatic N) is 1. The van der Waals surface area contributed by atoms with Gasteiger partial charge in [0.2, 0.25) is 5.91 Å². The molecule has 0 aliphatic heterocycles. The molecule has 4 rings (SSSR count). The molecule has 1 amide bonds. The first-order valence-electron chi connectivity index (χ1n) is 9.68. The van der Waals surface area contributed by atoms with Crippen molar-refractivity contribution in [2.24, 2.45) is 0 Å². The van der Waals surface area contributed by atoms with Gasteiger partial charge in [0.05, 0.1) is 11.1 Å². The van der Waals surface area contributed by atoms with Crippen LogP contribution in [0.1, 0.15) is 41.1 Å². The Morgan fingerprint density at radius 2 is 2.17 bits per heavy atom. The first-order valence-corrected chi connectivity index (χ1v) is 12.0. The molecule has 2 N–H and O–H groups in total. The predicted octanol–water partition coefficient (Wildman–Crippen LogP) is 5.09. The molecular formula is C21H22ClN3O2S2. The van der Waals surface area contributed by atoms with Crippen LogP contribution in [0.3, 0.4) is 0 Å². The third kappa shape index (κ3) is 4.68. The number of carbonyl (C=O) groups excluding carboxylic acids is 1. The number of halogens is 1. The number of hydrogen-bond donors (Lipinski definition) is 2. The molecule has 5 nitrogen and oxygen atoms in total. The molecule has 152 valence electrons. The number of amides is 1. The van der Waals surface area contributed by atoms with Gasteiger partial charge in [0, 0.05) is 27.8 Å². The first-order chi connectivity index (χ1) is 14.0. The predicted molar refractivity (Wildman–Crippen MR) is 122 cm³/mol. The van der Waals surface area contributed by atoms with Crippen molar-refractivity contribution in [3.63, 3.8) is 0 Å². The summed E-state index contributed by atoms with van der Waals surface area (Å²) in [5, 5.41) is 4.28. The standard InChI is InChI=1S/C21H22ClN3O2S2/c1-12-6-7-13(10-15(12)22)23-18(26)8-9-28-11-17-24-20(27)19-14-4-2-3-5-16(14)29-21(19)25-17/h6-7,10H,2-5,8-9,11H2,1H3,(H,23,26)(H,24,25,27). The lowest BCUT2D eigenvalue weighted by molar-refractivity contribution is -0.115. The van der Waals surface area contributed by atoms with E-state index in [9.17, 15) is 9.59 Å². The SMILES string of the molecule is Cc1ccc(NC(=O)CCSCc2nc3sc4c(c3c(=O)[nH]2)CCCC4)cc1Cl. The highest BCUT2D eigenvalue weighted by Gasteiger charge is 2.19. The van der Waals surface area contributed by atoms with Gasteiger partial charge in [-0.2, -0.15) is 11.8 Å². The summed E-state index contributed by atoms with van der Waals surface area (Å²) in [6.07, 6.45) is 4.76. The fraction of sp³-hybridized carbons (Fsp3) is 0.381. The van der Waals surface area contributed by atoms with Crippen LogP contribution >= 0.6 is 34.7 Å². The second kappa shape index (κ2) is 8.90. The Morgan fingerprint density at radius 1 is 1.34 bits per heavy atom. The van der Waals surface area contributed by atoms with Gasteiger partial charge in [-0.25, -0.2) is 4.98 Å². The van der Waals surface area contributed by atoms with Crippen LogP contribution in [0.15, 0.2) is 23.0 Å². The second-order valence-corrected chi connectivity index (χ2v) is 9.81. The van der Waals surface area contributed by atoms with Crippen LogP contribution in [0.4, 0.5) is 5.69 Å². The molecular weight excluding hydrogens is 426 g/mol. The van der Waals surface area contributed by atoms with Crippen LogP contribution in [0.2, 0.25) is 5.02 Å². The number of aryl methyl sites for hydroxylation is 3. The van der Waals surface area contributed by atoms with Crippen molar-refractivity contribution >= 4 is 56.5 Å². The number of nitrogens with one attached hydrogen (secondary N) is 2.